The van der Waals surface area contributed by atoms with Gasteiger partial charge in [0.1, 0.15) is 5.15 Å². The van der Waals surface area contributed by atoms with Crippen molar-refractivity contribution in [3.05, 3.63) is 51.9 Å². The van der Waals surface area contributed by atoms with E-state index in [1.807, 2.05) is 24.5 Å². The van der Waals surface area contributed by atoms with Crippen LogP contribution in [-0.2, 0) is 6.54 Å². The lowest BCUT2D eigenvalue weighted by atomic mass is 10.3. The Morgan fingerprint density at radius 3 is 2.94 bits per heavy atom. The Morgan fingerprint density at radius 1 is 1.41 bits per heavy atom. The molecule has 0 atom stereocenters. The van der Waals surface area contributed by atoms with Crippen LogP contribution < -0.4 is 5.69 Å². The number of aromatic nitrogens is 3. The van der Waals surface area contributed by atoms with Gasteiger partial charge in [0.25, 0.3) is 0 Å². The molecule has 1 aliphatic rings. The van der Waals surface area contributed by atoms with Gasteiger partial charge in [0.2, 0.25) is 0 Å². The van der Waals surface area contributed by atoms with E-state index in [4.69, 9.17) is 11.6 Å². The molecule has 0 N–H and O–H groups in total. The van der Waals surface area contributed by atoms with Crippen molar-refractivity contribution in [1.29, 1.82) is 0 Å². The van der Waals surface area contributed by atoms with Crippen molar-refractivity contribution in [3.8, 4) is 0 Å². The van der Waals surface area contributed by atoms with Crippen molar-refractivity contribution >= 4 is 11.6 Å². The summed E-state index contributed by atoms with van der Waals surface area (Å²) in [6.07, 6.45) is 7.52. The third-order valence-electron chi connectivity index (χ3n) is 2.99. The van der Waals surface area contributed by atoms with E-state index in [9.17, 15) is 4.79 Å². The maximum atomic E-state index is 12.0. The van der Waals surface area contributed by atoms with E-state index in [2.05, 4.69) is 4.98 Å². The quantitative estimate of drug-likeness (QED) is 0.782. The van der Waals surface area contributed by atoms with Gasteiger partial charge in [-0.05, 0) is 18.9 Å². The molecule has 0 saturated heterocycles. The number of rotatable bonds is 3. The minimum atomic E-state index is 0.0346. The summed E-state index contributed by atoms with van der Waals surface area (Å²) in [6.45, 7) is 0.477. The van der Waals surface area contributed by atoms with E-state index in [1.165, 1.54) is 0 Å². The van der Waals surface area contributed by atoms with Crippen molar-refractivity contribution in [2.24, 2.45) is 0 Å². The molecule has 0 radical (unpaired) electrons. The third kappa shape index (κ3) is 2.00. The van der Waals surface area contributed by atoms with Crippen LogP contribution in [0.1, 0.15) is 24.4 Å². The van der Waals surface area contributed by atoms with Gasteiger partial charge in [-0.1, -0.05) is 17.7 Å². The molecule has 3 rings (SSSR count). The highest BCUT2D eigenvalue weighted by Gasteiger charge is 2.25. The van der Waals surface area contributed by atoms with Gasteiger partial charge >= 0.3 is 5.69 Å². The summed E-state index contributed by atoms with van der Waals surface area (Å²) in [7, 11) is 0. The number of hydrogen-bond donors (Lipinski definition) is 0. The van der Waals surface area contributed by atoms with Crippen molar-refractivity contribution in [2.45, 2.75) is 25.4 Å². The van der Waals surface area contributed by atoms with E-state index in [0.29, 0.717) is 17.7 Å². The highest BCUT2D eigenvalue weighted by atomic mass is 35.5. The fourth-order valence-corrected chi connectivity index (χ4v) is 2.08. The standard InChI is InChI=1S/C12H12ClN3O/c13-11-9(2-1-5-14-11)8-15-6-7-16(12(15)17)10-3-4-10/h1-2,5-7,10H,3-4,8H2. The van der Waals surface area contributed by atoms with Crippen molar-refractivity contribution in [3.63, 3.8) is 0 Å². The number of imidazole rings is 1. The van der Waals surface area contributed by atoms with Gasteiger partial charge in [-0.25, -0.2) is 9.78 Å². The Labute approximate surface area is 103 Å². The smallest absolute Gasteiger partial charge is 0.296 e. The monoisotopic (exact) mass is 249 g/mol. The molecule has 0 unspecified atom stereocenters. The van der Waals surface area contributed by atoms with E-state index in [1.54, 1.807) is 15.3 Å². The first kappa shape index (κ1) is 10.6. The van der Waals surface area contributed by atoms with Crippen LogP contribution in [0.3, 0.4) is 0 Å². The molecule has 2 aromatic rings. The van der Waals surface area contributed by atoms with Gasteiger partial charge in [0, 0.05) is 30.2 Å². The highest BCUT2D eigenvalue weighted by molar-refractivity contribution is 6.30. The molecule has 2 aromatic heterocycles. The normalized spacial score (nSPS) is 15.1. The summed E-state index contributed by atoms with van der Waals surface area (Å²) in [5.74, 6) is 0. The largest absolute Gasteiger partial charge is 0.328 e. The van der Waals surface area contributed by atoms with E-state index in [0.717, 1.165) is 18.4 Å². The molecule has 0 aliphatic heterocycles. The molecule has 0 aromatic carbocycles. The molecular formula is C12H12ClN3O. The molecule has 5 heteroatoms. The van der Waals surface area contributed by atoms with Gasteiger partial charge < -0.3 is 0 Å². The summed E-state index contributed by atoms with van der Waals surface area (Å²) in [5.41, 5.74) is 0.900. The maximum Gasteiger partial charge on any atom is 0.328 e. The van der Waals surface area contributed by atoms with Gasteiger partial charge in [-0.15, -0.1) is 0 Å². The minimum Gasteiger partial charge on any atom is -0.296 e. The van der Waals surface area contributed by atoms with Crippen LogP contribution in [-0.4, -0.2) is 14.1 Å². The van der Waals surface area contributed by atoms with E-state index in [-0.39, 0.29) is 5.69 Å². The van der Waals surface area contributed by atoms with Gasteiger partial charge in [0.15, 0.2) is 0 Å². The third-order valence-corrected chi connectivity index (χ3v) is 3.33. The number of halogens is 1. The van der Waals surface area contributed by atoms with Gasteiger partial charge in [-0.3, -0.25) is 9.13 Å². The predicted octanol–water partition coefficient (Wildman–Crippen LogP) is 2.08. The zero-order chi connectivity index (χ0) is 11.8. The minimum absolute atomic E-state index is 0.0346. The lowest BCUT2D eigenvalue weighted by Crippen LogP contribution is -2.23. The molecule has 1 fully saturated rings. The van der Waals surface area contributed by atoms with Crippen molar-refractivity contribution < 1.29 is 0 Å². The number of nitrogens with zero attached hydrogens (tertiary/aromatic N) is 3. The van der Waals surface area contributed by atoms with E-state index < -0.39 is 0 Å². The summed E-state index contributed by atoms with van der Waals surface area (Å²) >= 11 is 5.97. The Bertz CT molecular complexity index is 598. The Kier molecular flexibility index (Phi) is 2.52. The van der Waals surface area contributed by atoms with Crippen molar-refractivity contribution in [2.75, 3.05) is 0 Å². The second-order valence-corrected chi connectivity index (χ2v) is 4.66. The fourth-order valence-electron chi connectivity index (χ4n) is 1.90. The number of pyridine rings is 1. The first-order valence-corrected chi connectivity index (χ1v) is 6.00. The van der Waals surface area contributed by atoms with Crippen molar-refractivity contribution in [1.82, 2.24) is 14.1 Å². The molecule has 17 heavy (non-hydrogen) atoms. The average Bonchev–Trinajstić information content (AvgIpc) is 3.09. The summed E-state index contributed by atoms with van der Waals surface area (Å²) in [5, 5.41) is 0.457. The number of hydrogen-bond acceptors (Lipinski definition) is 2. The molecule has 1 aliphatic carbocycles. The molecule has 88 valence electrons. The van der Waals surface area contributed by atoms with Crippen LogP contribution in [0.4, 0.5) is 0 Å². The first-order chi connectivity index (χ1) is 8.25. The lowest BCUT2D eigenvalue weighted by molar-refractivity contribution is 0.655. The zero-order valence-corrected chi connectivity index (χ0v) is 9.97. The average molecular weight is 250 g/mol. The second kappa shape index (κ2) is 4.04. The molecule has 0 bridgehead atoms. The van der Waals surface area contributed by atoms with Crippen LogP contribution in [0.25, 0.3) is 0 Å². The van der Waals surface area contributed by atoms with Crippen LogP contribution in [0, 0.1) is 0 Å². The maximum absolute atomic E-state index is 12.0. The topological polar surface area (TPSA) is 39.8 Å². The summed E-state index contributed by atoms with van der Waals surface area (Å²) < 4.78 is 3.46. The van der Waals surface area contributed by atoms with Crippen LogP contribution in [0.2, 0.25) is 5.15 Å². The lowest BCUT2D eigenvalue weighted by Gasteiger charge is -2.03. The molecule has 4 nitrogen and oxygen atoms in total. The summed E-state index contributed by atoms with van der Waals surface area (Å²) in [6, 6.07) is 4.12. The Morgan fingerprint density at radius 2 is 2.24 bits per heavy atom. The predicted molar refractivity (Wildman–Crippen MR) is 65.3 cm³/mol. The Hall–Kier alpha value is -1.55. The molecule has 1 saturated carbocycles. The molecule has 0 spiro atoms. The molecule has 2 heterocycles. The summed E-state index contributed by atoms with van der Waals surface area (Å²) in [4.78, 5) is 16.0. The van der Waals surface area contributed by atoms with Crippen LogP contribution in [0.5, 0.6) is 0 Å². The first-order valence-electron chi connectivity index (χ1n) is 5.62. The SMILES string of the molecule is O=c1n(Cc2cccnc2Cl)ccn1C1CC1. The van der Waals surface area contributed by atoms with Crippen LogP contribution in [0.15, 0.2) is 35.5 Å². The van der Waals surface area contributed by atoms with E-state index >= 15 is 0 Å². The molecule has 0 amide bonds. The second-order valence-electron chi connectivity index (χ2n) is 4.30. The Balaban J connectivity index is 1.91. The molecular weight excluding hydrogens is 238 g/mol. The van der Waals surface area contributed by atoms with Gasteiger partial charge in [-0.2, -0.15) is 0 Å². The fraction of sp³-hybridized carbons (Fsp3) is 0.333. The highest BCUT2D eigenvalue weighted by Crippen LogP contribution is 2.33. The van der Waals surface area contributed by atoms with Crippen LogP contribution >= 0.6 is 11.6 Å². The zero-order valence-electron chi connectivity index (χ0n) is 9.21. The van der Waals surface area contributed by atoms with Gasteiger partial charge in [0.05, 0.1) is 6.54 Å².